The minimum atomic E-state index is -4.24. The molecule has 0 aromatic carbocycles. The van der Waals surface area contributed by atoms with Crippen molar-refractivity contribution in [2.24, 2.45) is 5.11 Å². The number of nitrogens with one attached hydrogen (secondary N) is 2. The molecular formula is C18H36N6O6S. The summed E-state index contributed by atoms with van der Waals surface area (Å²) in [6, 6.07) is -0.804. The highest BCUT2D eigenvalue weighted by Gasteiger charge is 2.24. The lowest BCUT2D eigenvalue weighted by Gasteiger charge is -2.30. The van der Waals surface area contributed by atoms with Crippen molar-refractivity contribution in [3.63, 3.8) is 0 Å². The molecule has 0 heterocycles. The number of quaternary nitrogens is 1. The van der Waals surface area contributed by atoms with Gasteiger partial charge in [-0.2, -0.15) is 0 Å². The lowest BCUT2D eigenvalue weighted by Crippen LogP contribution is -2.51. The Kier molecular flexibility index (Phi) is 12.5. The summed E-state index contributed by atoms with van der Waals surface area (Å²) in [5.41, 5.74) is 7.62. The molecule has 13 heteroatoms. The first kappa shape index (κ1) is 28.9. The number of hydrogen-bond donors (Lipinski definition) is 2. The van der Waals surface area contributed by atoms with Gasteiger partial charge in [-0.3, -0.25) is 4.79 Å². The van der Waals surface area contributed by atoms with Crippen LogP contribution >= 0.6 is 0 Å². The normalized spacial score (nSPS) is 13.1. The number of hydrogen-bond acceptors (Lipinski definition) is 7. The van der Waals surface area contributed by atoms with Gasteiger partial charge >= 0.3 is 6.09 Å². The number of unbranched alkanes of at least 4 members (excludes halogenated alkanes) is 1. The minimum absolute atomic E-state index is 0.237. The molecule has 12 nitrogen and oxygen atoms in total. The van der Waals surface area contributed by atoms with Crippen molar-refractivity contribution in [3.05, 3.63) is 10.4 Å². The van der Waals surface area contributed by atoms with Crippen molar-refractivity contribution in [1.82, 2.24) is 10.6 Å². The van der Waals surface area contributed by atoms with Gasteiger partial charge in [-0.15, -0.1) is 0 Å². The first-order valence-electron chi connectivity index (χ1n) is 10.2. The number of carbonyl (C=O) groups is 2. The number of rotatable bonds is 14. The van der Waals surface area contributed by atoms with Gasteiger partial charge in [0.2, 0.25) is 5.91 Å². The highest BCUT2D eigenvalue weighted by atomic mass is 32.2. The van der Waals surface area contributed by atoms with E-state index in [1.807, 2.05) is 14.1 Å². The van der Waals surface area contributed by atoms with Crippen LogP contribution in [0.3, 0.4) is 0 Å². The molecule has 180 valence electrons. The molecule has 0 bridgehead atoms. The van der Waals surface area contributed by atoms with Gasteiger partial charge in [0.15, 0.2) is 0 Å². The summed E-state index contributed by atoms with van der Waals surface area (Å²) in [5.74, 6) is -0.782. The molecule has 0 unspecified atom stereocenters. The van der Waals surface area contributed by atoms with Gasteiger partial charge in [0.05, 0.1) is 43.8 Å². The SMILES string of the molecule is CC(C)(C)OC(=O)N[C@@H](CCCCN=[N+]=[N-])C(=O)NCC[N+](C)(C)CCCS(=O)(=O)[O-]. The topological polar surface area (TPSA) is 173 Å². The molecule has 0 saturated heterocycles. The van der Waals surface area contributed by atoms with E-state index in [0.29, 0.717) is 49.9 Å². The van der Waals surface area contributed by atoms with Crippen LogP contribution in [0.4, 0.5) is 4.79 Å². The third-order valence-electron chi connectivity index (χ3n) is 4.25. The van der Waals surface area contributed by atoms with Crippen LogP contribution < -0.4 is 10.6 Å². The van der Waals surface area contributed by atoms with Crippen LogP contribution in [-0.2, 0) is 19.6 Å². The average molecular weight is 465 g/mol. The fourth-order valence-corrected chi connectivity index (χ4v) is 3.16. The number of alkyl carbamates (subject to hydrolysis) is 1. The zero-order valence-electron chi connectivity index (χ0n) is 19.1. The first-order chi connectivity index (χ1) is 14.2. The summed E-state index contributed by atoms with van der Waals surface area (Å²) in [7, 11) is -0.498. The molecule has 0 saturated carbocycles. The standard InChI is InChI=1S/C18H36N6O6S/c1-18(2,3)30-17(26)22-15(9-6-7-10-21-23-19)16(25)20-11-13-24(4,5)12-8-14-31(27,28)29/h15H,6-14H2,1-5H3,(H2-,20,22,25,26,27,28,29)/t15-/m0/s1. The van der Waals surface area contributed by atoms with Crippen molar-refractivity contribution >= 4 is 22.1 Å². The summed E-state index contributed by atoms with van der Waals surface area (Å²) >= 11 is 0. The summed E-state index contributed by atoms with van der Waals surface area (Å²) < 4.78 is 37.8. The Morgan fingerprint density at radius 1 is 1.19 bits per heavy atom. The van der Waals surface area contributed by atoms with E-state index in [-0.39, 0.29) is 12.3 Å². The van der Waals surface area contributed by atoms with Crippen molar-refractivity contribution < 1.29 is 31.8 Å². The van der Waals surface area contributed by atoms with Gasteiger partial charge in [0.1, 0.15) is 11.6 Å². The number of azide groups is 1. The Balaban J connectivity index is 4.71. The maximum atomic E-state index is 12.6. The fraction of sp³-hybridized carbons (Fsp3) is 0.889. The van der Waals surface area contributed by atoms with Crippen LogP contribution in [0.5, 0.6) is 0 Å². The lowest BCUT2D eigenvalue weighted by molar-refractivity contribution is -0.889. The van der Waals surface area contributed by atoms with Crippen molar-refractivity contribution in [2.75, 3.05) is 46.0 Å². The molecule has 2 amide bonds. The third kappa shape index (κ3) is 17.3. The highest BCUT2D eigenvalue weighted by molar-refractivity contribution is 7.85. The number of nitrogens with zero attached hydrogens (tertiary/aromatic N) is 4. The molecule has 0 fully saturated rings. The Labute approximate surface area is 184 Å². The zero-order valence-corrected chi connectivity index (χ0v) is 19.9. The van der Waals surface area contributed by atoms with Gasteiger partial charge < -0.3 is 24.4 Å². The monoisotopic (exact) mass is 464 g/mol. The second-order valence-electron chi connectivity index (χ2n) is 8.94. The van der Waals surface area contributed by atoms with E-state index in [0.717, 1.165) is 0 Å². The van der Waals surface area contributed by atoms with E-state index in [4.69, 9.17) is 10.3 Å². The largest absolute Gasteiger partial charge is 0.748 e. The van der Waals surface area contributed by atoms with Crippen molar-refractivity contribution in [3.8, 4) is 0 Å². The second kappa shape index (κ2) is 13.4. The molecule has 0 aromatic rings. The number of amides is 2. The lowest BCUT2D eigenvalue weighted by atomic mass is 10.1. The van der Waals surface area contributed by atoms with Gasteiger partial charge in [0.25, 0.3) is 0 Å². The van der Waals surface area contributed by atoms with Gasteiger partial charge in [-0.05, 0) is 39.1 Å². The number of likely N-dealkylation sites (N-methyl/N-ethyl adjacent to an activating group) is 1. The summed E-state index contributed by atoms with van der Waals surface area (Å²) in [6.07, 6.45) is 1.04. The van der Waals surface area contributed by atoms with Crippen LogP contribution in [0, 0.1) is 0 Å². The molecule has 0 aromatic heterocycles. The Hall–Kier alpha value is -2.08. The van der Waals surface area contributed by atoms with Gasteiger partial charge in [-0.1, -0.05) is 11.5 Å². The second-order valence-corrected chi connectivity index (χ2v) is 10.5. The maximum absolute atomic E-state index is 12.6. The molecular weight excluding hydrogens is 428 g/mol. The molecule has 31 heavy (non-hydrogen) atoms. The van der Waals surface area contributed by atoms with Crippen molar-refractivity contribution in [1.29, 1.82) is 0 Å². The predicted octanol–water partition coefficient (Wildman–Crippen LogP) is 1.49. The van der Waals surface area contributed by atoms with Crippen molar-refractivity contribution in [2.45, 2.75) is 58.1 Å². The van der Waals surface area contributed by atoms with E-state index in [9.17, 15) is 22.6 Å². The minimum Gasteiger partial charge on any atom is -0.748 e. The number of ether oxygens (including phenoxy) is 1. The zero-order chi connectivity index (χ0) is 24.1. The summed E-state index contributed by atoms with van der Waals surface area (Å²) in [4.78, 5) is 27.4. The van der Waals surface area contributed by atoms with E-state index in [1.54, 1.807) is 20.8 Å². The fourth-order valence-electron chi connectivity index (χ4n) is 2.68. The summed E-state index contributed by atoms with van der Waals surface area (Å²) in [5, 5.41) is 8.81. The Morgan fingerprint density at radius 2 is 1.84 bits per heavy atom. The molecule has 0 radical (unpaired) electrons. The molecule has 0 rings (SSSR count). The van der Waals surface area contributed by atoms with E-state index in [2.05, 4.69) is 20.7 Å². The summed E-state index contributed by atoms with van der Waals surface area (Å²) in [6.45, 7) is 6.76. The highest BCUT2D eigenvalue weighted by Crippen LogP contribution is 2.09. The molecule has 0 spiro atoms. The smallest absolute Gasteiger partial charge is 0.408 e. The molecule has 2 N–H and O–H groups in total. The third-order valence-corrected chi connectivity index (χ3v) is 5.03. The number of carbonyl (C=O) groups excluding carboxylic acids is 2. The van der Waals surface area contributed by atoms with E-state index in [1.165, 1.54) is 0 Å². The average Bonchev–Trinajstić information content (AvgIpc) is 2.57. The molecule has 0 aliphatic carbocycles. The van der Waals surface area contributed by atoms with Crippen LogP contribution in [0.15, 0.2) is 5.11 Å². The first-order valence-corrected chi connectivity index (χ1v) is 11.8. The van der Waals surface area contributed by atoms with Crippen LogP contribution in [0.1, 0.15) is 46.5 Å². The Bertz CT molecular complexity index is 728. The molecule has 0 aliphatic heterocycles. The van der Waals surface area contributed by atoms with Crippen LogP contribution in [0.2, 0.25) is 0 Å². The van der Waals surface area contributed by atoms with E-state index >= 15 is 0 Å². The Morgan fingerprint density at radius 3 is 2.39 bits per heavy atom. The predicted molar refractivity (Wildman–Crippen MR) is 115 cm³/mol. The van der Waals surface area contributed by atoms with Crippen LogP contribution in [-0.4, -0.2) is 87.1 Å². The van der Waals surface area contributed by atoms with E-state index < -0.39 is 33.6 Å². The quantitative estimate of drug-likeness (QED) is 0.0983. The van der Waals surface area contributed by atoms with Gasteiger partial charge in [0, 0.05) is 23.6 Å². The molecule has 1 atom stereocenters. The molecule has 0 aliphatic rings. The maximum Gasteiger partial charge on any atom is 0.408 e. The van der Waals surface area contributed by atoms with Gasteiger partial charge in [-0.25, -0.2) is 13.2 Å². The van der Waals surface area contributed by atoms with Crippen LogP contribution in [0.25, 0.3) is 10.4 Å².